The number of nitrogens with one attached hydrogen (secondary N) is 1. The Kier molecular flexibility index (Phi) is 5.38. The van der Waals surface area contributed by atoms with E-state index in [2.05, 4.69) is 36.6 Å². The van der Waals surface area contributed by atoms with Crippen LogP contribution in [0.15, 0.2) is 42.8 Å². The predicted molar refractivity (Wildman–Crippen MR) is 85.2 cm³/mol. The molecule has 0 radical (unpaired) electrons. The first-order valence-electron chi connectivity index (χ1n) is 5.70. The molecule has 1 aromatic carbocycles. The zero-order valence-corrected chi connectivity index (χ0v) is 15.4. The van der Waals surface area contributed by atoms with E-state index in [1.165, 1.54) is 18.2 Å². The first-order chi connectivity index (χ1) is 10.1. The summed E-state index contributed by atoms with van der Waals surface area (Å²) < 4.78 is 65.2. The summed E-state index contributed by atoms with van der Waals surface area (Å²) >= 11 is 7.43. The van der Waals surface area contributed by atoms with Crippen LogP contribution in [0.5, 0.6) is 0 Å². The zero-order valence-electron chi connectivity index (χ0n) is 10.6. The molecule has 0 amide bonds. The lowest BCUT2D eigenvalue weighted by atomic mass is 10.1. The molecule has 0 fully saturated rings. The van der Waals surface area contributed by atoms with Crippen molar-refractivity contribution in [3.63, 3.8) is 0 Å². The van der Waals surface area contributed by atoms with Gasteiger partial charge in [0.25, 0.3) is 0 Å². The van der Waals surface area contributed by atoms with E-state index in [4.69, 9.17) is 0 Å². The molecule has 0 unspecified atom stereocenters. The lowest BCUT2D eigenvalue weighted by Gasteiger charge is -2.08. The van der Waals surface area contributed by atoms with E-state index in [1.807, 2.05) is 0 Å². The lowest BCUT2D eigenvalue weighted by molar-refractivity contribution is -0.137. The standard InChI is InChI=1S/C12H8Br2F3NO2S2/c13-9-5-10(21-11(9)14)22(19,20)18-6-7-1-3-8(4-2-7)12(15,16)17/h1-5,18H,6H2. The molecule has 120 valence electrons. The molecule has 1 N–H and O–H groups in total. The van der Waals surface area contributed by atoms with Crippen molar-refractivity contribution in [1.29, 1.82) is 0 Å². The number of alkyl halides is 3. The van der Waals surface area contributed by atoms with Gasteiger partial charge in [0.05, 0.1) is 9.35 Å². The van der Waals surface area contributed by atoms with E-state index >= 15 is 0 Å². The third-order valence-electron chi connectivity index (χ3n) is 2.63. The Hall–Kier alpha value is -0.420. The van der Waals surface area contributed by atoms with Crippen molar-refractivity contribution in [2.45, 2.75) is 16.9 Å². The number of sulfonamides is 1. The summed E-state index contributed by atoms with van der Waals surface area (Å²) in [6.45, 7) is -0.0897. The highest BCUT2D eigenvalue weighted by Gasteiger charge is 2.30. The highest BCUT2D eigenvalue weighted by molar-refractivity contribution is 9.13. The molecule has 0 aliphatic carbocycles. The summed E-state index contributed by atoms with van der Waals surface area (Å²) in [6, 6.07) is 5.77. The van der Waals surface area contributed by atoms with E-state index in [0.717, 1.165) is 23.5 Å². The van der Waals surface area contributed by atoms with Gasteiger partial charge in [-0.1, -0.05) is 12.1 Å². The van der Waals surface area contributed by atoms with E-state index in [9.17, 15) is 21.6 Å². The van der Waals surface area contributed by atoms with Crippen LogP contribution >= 0.6 is 43.2 Å². The number of thiophene rings is 1. The summed E-state index contributed by atoms with van der Waals surface area (Å²) in [5, 5.41) is 0. The molecule has 0 spiro atoms. The molecule has 22 heavy (non-hydrogen) atoms. The van der Waals surface area contributed by atoms with Crippen LogP contribution in [0, 0.1) is 0 Å². The normalized spacial score (nSPS) is 12.6. The van der Waals surface area contributed by atoms with Crippen molar-refractivity contribution in [3.05, 3.63) is 49.7 Å². The first kappa shape index (κ1) is 17.9. The molecular formula is C12H8Br2F3NO2S2. The Morgan fingerprint density at radius 1 is 1.14 bits per heavy atom. The Morgan fingerprint density at radius 2 is 1.73 bits per heavy atom. The van der Waals surface area contributed by atoms with Crippen molar-refractivity contribution in [1.82, 2.24) is 4.72 Å². The largest absolute Gasteiger partial charge is 0.416 e. The molecule has 0 aliphatic rings. The second kappa shape index (κ2) is 6.60. The molecule has 0 aliphatic heterocycles. The van der Waals surface area contributed by atoms with Crippen molar-refractivity contribution in [2.75, 3.05) is 0 Å². The van der Waals surface area contributed by atoms with Gasteiger partial charge in [0.15, 0.2) is 0 Å². The van der Waals surface area contributed by atoms with Crippen LogP contribution in [0.1, 0.15) is 11.1 Å². The summed E-state index contributed by atoms with van der Waals surface area (Å²) in [4.78, 5) is 0. The fourth-order valence-corrected chi connectivity index (χ4v) is 5.40. The minimum Gasteiger partial charge on any atom is -0.206 e. The van der Waals surface area contributed by atoms with Gasteiger partial charge in [-0.05, 0) is 55.6 Å². The van der Waals surface area contributed by atoms with Gasteiger partial charge in [0.1, 0.15) is 4.21 Å². The van der Waals surface area contributed by atoms with Gasteiger partial charge < -0.3 is 0 Å². The minimum atomic E-state index is -4.41. The summed E-state index contributed by atoms with van der Waals surface area (Å²) in [6.07, 6.45) is -4.41. The molecule has 1 aromatic heterocycles. The van der Waals surface area contributed by atoms with Crippen molar-refractivity contribution in [2.24, 2.45) is 0 Å². The zero-order chi connectivity index (χ0) is 16.5. The number of hydrogen-bond acceptors (Lipinski definition) is 3. The average molecular weight is 479 g/mol. The number of benzene rings is 1. The van der Waals surface area contributed by atoms with Gasteiger partial charge in [0, 0.05) is 11.0 Å². The van der Waals surface area contributed by atoms with Crippen molar-refractivity contribution < 1.29 is 21.6 Å². The average Bonchev–Trinajstić information content (AvgIpc) is 2.77. The van der Waals surface area contributed by atoms with E-state index in [0.29, 0.717) is 13.8 Å². The maximum atomic E-state index is 12.4. The van der Waals surface area contributed by atoms with Crippen LogP contribution in [0.3, 0.4) is 0 Å². The SMILES string of the molecule is O=S(=O)(NCc1ccc(C(F)(F)F)cc1)c1cc(Br)c(Br)s1. The third-order valence-corrected chi connectivity index (χ3v) is 7.77. The first-order valence-corrected chi connectivity index (χ1v) is 9.59. The maximum Gasteiger partial charge on any atom is 0.416 e. The molecule has 0 saturated heterocycles. The van der Waals surface area contributed by atoms with E-state index in [-0.39, 0.29) is 10.8 Å². The van der Waals surface area contributed by atoms with Gasteiger partial charge in [-0.2, -0.15) is 13.2 Å². The Balaban J connectivity index is 2.09. The Bertz CT molecular complexity index is 751. The lowest BCUT2D eigenvalue weighted by Crippen LogP contribution is -2.22. The van der Waals surface area contributed by atoms with Gasteiger partial charge in [-0.3, -0.25) is 0 Å². The fourth-order valence-electron chi connectivity index (χ4n) is 1.52. The maximum absolute atomic E-state index is 12.4. The quantitative estimate of drug-likeness (QED) is 0.687. The van der Waals surface area contributed by atoms with Crippen LogP contribution < -0.4 is 4.72 Å². The number of rotatable bonds is 4. The van der Waals surface area contributed by atoms with Gasteiger partial charge in [0.2, 0.25) is 10.0 Å². The molecule has 0 bridgehead atoms. The van der Waals surface area contributed by atoms with Crippen LogP contribution in [0.2, 0.25) is 0 Å². The third kappa shape index (κ3) is 4.31. The summed E-state index contributed by atoms with van der Waals surface area (Å²) in [7, 11) is -3.71. The minimum absolute atomic E-state index is 0.0897. The van der Waals surface area contributed by atoms with Crippen LogP contribution in [-0.2, 0) is 22.7 Å². The fraction of sp³-hybridized carbons (Fsp3) is 0.167. The van der Waals surface area contributed by atoms with E-state index in [1.54, 1.807) is 0 Å². The highest BCUT2D eigenvalue weighted by Crippen LogP contribution is 2.35. The molecule has 2 rings (SSSR count). The molecule has 3 nitrogen and oxygen atoms in total. The van der Waals surface area contributed by atoms with Crippen LogP contribution in [-0.4, -0.2) is 8.42 Å². The van der Waals surface area contributed by atoms with Crippen LogP contribution in [0.25, 0.3) is 0 Å². The molecule has 0 saturated carbocycles. The summed E-state index contributed by atoms with van der Waals surface area (Å²) in [5.74, 6) is 0. The van der Waals surface area contributed by atoms with Gasteiger partial charge >= 0.3 is 6.18 Å². The number of hydrogen-bond donors (Lipinski definition) is 1. The van der Waals surface area contributed by atoms with Crippen molar-refractivity contribution >= 4 is 53.2 Å². The highest BCUT2D eigenvalue weighted by atomic mass is 79.9. The monoisotopic (exact) mass is 477 g/mol. The second-order valence-electron chi connectivity index (χ2n) is 4.21. The molecule has 0 atom stereocenters. The predicted octanol–water partition coefficient (Wildman–Crippen LogP) is 4.77. The van der Waals surface area contributed by atoms with Gasteiger partial charge in [-0.25, -0.2) is 13.1 Å². The summed E-state index contributed by atoms with van der Waals surface area (Å²) in [5.41, 5.74) is -0.337. The van der Waals surface area contributed by atoms with Gasteiger partial charge in [-0.15, -0.1) is 11.3 Å². The second-order valence-corrected chi connectivity index (χ2v) is 9.42. The Labute approximate surface area is 145 Å². The molecular weight excluding hydrogens is 471 g/mol. The van der Waals surface area contributed by atoms with Crippen molar-refractivity contribution in [3.8, 4) is 0 Å². The Morgan fingerprint density at radius 3 is 2.18 bits per heavy atom. The molecule has 1 heterocycles. The molecule has 2 aromatic rings. The smallest absolute Gasteiger partial charge is 0.206 e. The molecule has 10 heteroatoms. The number of halogens is 5. The van der Waals surface area contributed by atoms with E-state index < -0.39 is 21.8 Å². The topological polar surface area (TPSA) is 46.2 Å². The van der Waals surface area contributed by atoms with Crippen LogP contribution in [0.4, 0.5) is 13.2 Å².